The van der Waals surface area contributed by atoms with Gasteiger partial charge in [0.25, 0.3) is 5.91 Å². The lowest BCUT2D eigenvalue weighted by Gasteiger charge is -2.36. The summed E-state index contributed by atoms with van der Waals surface area (Å²) < 4.78 is 5.11. The third-order valence-corrected chi connectivity index (χ3v) is 5.66. The molecule has 1 aromatic carbocycles. The lowest BCUT2D eigenvalue weighted by Crippen LogP contribution is -2.48. The second kappa shape index (κ2) is 9.39. The summed E-state index contributed by atoms with van der Waals surface area (Å²) >= 11 is 0. The molecule has 0 aliphatic carbocycles. The monoisotopic (exact) mass is 440 g/mol. The van der Waals surface area contributed by atoms with Crippen molar-refractivity contribution < 1.29 is 9.45 Å². The minimum atomic E-state index is -0.304. The molecule has 0 bridgehead atoms. The molecule has 0 unspecified atom stereocenters. The number of rotatable bonds is 6. The van der Waals surface area contributed by atoms with Gasteiger partial charge in [-0.2, -0.15) is 0 Å². The van der Waals surface area contributed by atoms with Crippen molar-refractivity contribution in [2.45, 2.75) is 0 Å². The maximum Gasteiger partial charge on any atom is 0.398 e. The number of benzene rings is 1. The van der Waals surface area contributed by atoms with Gasteiger partial charge in [-0.05, 0) is 36.4 Å². The lowest BCUT2D eigenvalue weighted by molar-refractivity contribution is 0.102. The fourth-order valence-corrected chi connectivity index (χ4v) is 3.98. The molecule has 0 saturated carbocycles. The Morgan fingerprint density at radius 1 is 1.12 bits per heavy atom. The van der Waals surface area contributed by atoms with Gasteiger partial charge in [-0.25, -0.2) is 9.97 Å². The smallest absolute Gasteiger partial charge is 0.398 e. The van der Waals surface area contributed by atoms with Crippen molar-refractivity contribution in [2.24, 2.45) is 0 Å². The Balaban J connectivity index is 1.34. The molecule has 1 radical (unpaired) electrons. The van der Waals surface area contributed by atoms with Crippen LogP contribution in [0.25, 0.3) is 22.3 Å². The van der Waals surface area contributed by atoms with Crippen LogP contribution in [0, 0.1) is 0 Å². The summed E-state index contributed by atoms with van der Waals surface area (Å²) in [6, 6.07) is 11.4. The first-order valence-electron chi connectivity index (χ1n) is 10.7. The fourth-order valence-electron chi connectivity index (χ4n) is 3.98. The molecule has 1 fully saturated rings. The number of hydrogen-bond donors (Lipinski definition) is 2. The Hall–Kier alpha value is -3.76. The highest BCUT2D eigenvalue weighted by molar-refractivity contribution is 6.23. The van der Waals surface area contributed by atoms with E-state index < -0.39 is 0 Å². The van der Waals surface area contributed by atoms with Crippen LogP contribution >= 0.6 is 0 Å². The van der Waals surface area contributed by atoms with Crippen molar-refractivity contribution in [1.29, 1.82) is 0 Å². The zero-order chi connectivity index (χ0) is 22.6. The number of aromatic amines is 1. The van der Waals surface area contributed by atoms with Crippen molar-refractivity contribution in [2.75, 3.05) is 43.5 Å². The van der Waals surface area contributed by atoms with Crippen LogP contribution in [0.15, 0.2) is 61.2 Å². The average Bonchev–Trinajstić information content (AvgIpc) is 3.33. The third-order valence-electron chi connectivity index (χ3n) is 5.66. The quantitative estimate of drug-likeness (QED) is 0.445. The number of H-pyrrole nitrogens is 1. The van der Waals surface area contributed by atoms with Gasteiger partial charge in [-0.15, -0.1) is 0 Å². The van der Waals surface area contributed by atoms with E-state index in [2.05, 4.69) is 35.0 Å². The number of nitrogens with one attached hydrogen (secondary N) is 2. The van der Waals surface area contributed by atoms with E-state index in [1.54, 1.807) is 39.4 Å². The summed E-state index contributed by atoms with van der Waals surface area (Å²) in [4.78, 5) is 33.7. The molecule has 5 rings (SSSR count). The van der Waals surface area contributed by atoms with Crippen molar-refractivity contribution in [3.8, 4) is 11.4 Å². The van der Waals surface area contributed by atoms with Gasteiger partial charge in [0.1, 0.15) is 5.69 Å². The van der Waals surface area contributed by atoms with Crippen LogP contribution in [0.2, 0.25) is 0 Å². The molecule has 10 heteroatoms. The number of fused-ring (bicyclic) bond motifs is 1. The van der Waals surface area contributed by atoms with Gasteiger partial charge in [-0.3, -0.25) is 9.78 Å². The number of anilines is 2. The van der Waals surface area contributed by atoms with Gasteiger partial charge in [-0.1, -0.05) is 0 Å². The standard InChI is InChI=1S/C23H23BN7O2/c1-33-24-31-12-10-30(11-13-31)21-6-7-25-15-20(21)29-23(32)19-5-9-27-22(28-19)17-2-3-18-16(14-17)4-8-26-18/h2-9,14-15,26H,10-13H2,1H3,(H,29,32). The number of amides is 1. The molecule has 9 nitrogen and oxygen atoms in total. The number of pyridine rings is 1. The molecular formula is C23H23BN7O2. The van der Waals surface area contributed by atoms with E-state index in [0.29, 0.717) is 17.2 Å². The van der Waals surface area contributed by atoms with E-state index in [9.17, 15) is 4.79 Å². The largest absolute Gasteiger partial charge is 0.427 e. The molecule has 4 heterocycles. The summed E-state index contributed by atoms with van der Waals surface area (Å²) in [6.07, 6.45) is 6.90. The minimum Gasteiger partial charge on any atom is -0.427 e. The zero-order valence-electron chi connectivity index (χ0n) is 18.2. The Bertz CT molecular complexity index is 1270. The Morgan fingerprint density at radius 3 is 2.85 bits per heavy atom. The van der Waals surface area contributed by atoms with Crippen molar-refractivity contribution in [1.82, 2.24) is 24.7 Å². The zero-order valence-corrected chi connectivity index (χ0v) is 18.2. The van der Waals surface area contributed by atoms with Crippen molar-refractivity contribution >= 4 is 35.8 Å². The van der Waals surface area contributed by atoms with Gasteiger partial charge in [0.15, 0.2) is 5.82 Å². The highest BCUT2D eigenvalue weighted by Crippen LogP contribution is 2.26. The maximum absolute atomic E-state index is 13.1. The number of hydrogen-bond acceptors (Lipinski definition) is 7. The van der Waals surface area contributed by atoms with E-state index in [4.69, 9.17) is 4.65 Å². The summed E-state index contributed by atoms with van der Waals surface area (Å²) in [6.45, 7) is 3.30. The topological polar surface area (TPSA) is 99.3 Å². The number of aromatic nitrogens is 4. The second-order valence-corrected chi connectivity index (χ2v) is 7.76. The molecule has 1 saturated heterocycles. The molecule has 33 heavy (non-hydrogen) atoms. The van der Waals surface area contributed by atoms with Crippen LogP contribution in [-0.2, 0) is 4.65 Å². The molecule has 1 amide bonds. The van der Waals surface area contributed by atoms with E-state index >= 15 is 0 Å². The molecule has 2 N–H and O–H groups in total. The molecule has 3 aromatic heterocycles. The molecule has 165 valence electrons. The lowest BCUT2D eigenvalue weighted by atomic mass is 10.1. The van der Waals surface area contributed by atoms with Crippen LogP contribution in [-0.4, -0.2) is 71.6 Å². The summed E-state index contributed by atoms with van der Waals surface area (Å²) in [5, 5.41) is 4.04. The SMILES string of the molecule is CO[B]N1CCN(c2ccncc2NC(=O)c2ccnc(-c3ccc4[nH]ccc4c3)n2)CC1. The van der Waals surface area contributed by atoms with E-state index in [1.165, 1.54) is 0 Å². The van der Waals surface area contributed by atoms with Crippen LogP contribution in [0.3, 0.4) is 0 Å². The van der Waals surface area contributed by atoms with Crippen LogP contribution in [0.5, 0.6) is 0 Å². The van der Waals surface area contributed by atoms with Gasteiger partial charge < -0.3 is 24.7 Å². The molecule has 4 aromatic rings. The van der Waals surface area contributed by atoms with Crippen LogP contribution in [0.4, 0.5) is 11.4 Å². The van der Waals surface area contributed by atoms with Gasteiger partial charge in [0, 0.05) is 68.3 Å². The van der Waals surface area contributed by atoms with E-state index in [1.807, 2.05) is 36.5 Å². The van der Waals surface area contributed by atoms with Crippen LogP contribution in [0.1, 0.15) is 10.5 Å². The number of carbonyl (C=O) groups excluding carboxylic acids is 1. The summed E-state index contributed by atoms with van der Waals surface area (Å²) in [5.41, 5.74) is 3.77. The highest BCUT2D eigenvalue weighted by Gasteiger charge is 2.21. The van der Waals surface area contributed by atoms with Crippen LogP contribution < -0.4 is 10.2 Å². The van der Waals surface area contributed by atoms with E-state index in [0.717, 1.165) is 48.3 Å². The predicted octanol–water partition coefficient (Wildman–Crippen LogP) is 2.57. The first kappa shape index (κ1) is 21.1. The Kier molecular flexibility index (Phi) is 6.01. The first-order chi connectivity index (χ1) is 16.2. The summed E-state index contributed by atoms with van der Waals surface area (Å²) in [5.74, 6) is 0.199. The number of nitrogens with zero attached hydrogens (tertiary/aromatic N) is 5. The van der Waals surface area contributed by atoms with Crippen molar-refractivity contribution in [3.63, 3.8) is 0 Å². The average molecular weight is 440 g/mol. The second-order valence-electron chi connectivity index (χ2n) is 7.76. The molecular weight excluding hydrogens is 417 g/mol. The van der Waals surface area contributed by atoms with Crippen molar-refractivity contribution in [3.05, 3.63) is 66.9 Å². The highest BCUT2D eigenvalue weighted by atomic mass is 16.4. The van der Waals surface area contributed by atoms with E-state index in [-0.39, 0.29) is 5.91 Å². The Labute approximate surface area is 192 Å². The minimum absolute atomic E-state index is 0.295. The molecule has 1 aliphatic rings. The third kappa shape index (κ3) is 4.57. The molecule has 0 atom stereocenters. The predicted molar refractivity (Wildman–Crippen MR) is 128 cm³/mol. The molecule has 0 spiro atoms. The summed E-state index contributed by atoms with van der Waals surface area (Å²) in [7, 11) is 3.40. The Morgan fingerprint density at radius 2 is 2.00 bits per heavy atom. The number of piperazine rings is 1. The van der Waals surface area contributed by atoms with Gasteiger partial charge in [0.05, 0.1) is 17.6 Å². The fraction of sp³-hybridized carbons (Fsp3) is 0.217. The number of carbonyl (C=O) groups is 1. The van der Waals surface area contributed by atoms with Gasteiger partial charge >= 0.3 is 7.62 Å². The maximum atomic E-state index is 13.1. The normalized spacial score (nSPS) is 14.4. The van der Waals surface area contributed by atoms with Gasteiger partial charge in [0.2, 0.25) is 0 Å². The first-order valence-corrected chi connectivity index (χ1v) is 10.7. The molecule has 1 aliphatic heterocycles.